The summed E-state index contributed by atoms with van der Waals surface area (Å²) >= 11 is 0. The zero-order valence-corrected chi connectivity index (χ0v) is 15.4. The predicted molar refractivity (Wildman–Crippen MR) is 102 cm³/mol. The molecule has 1 aromatic heterocycles. The lowest BCUT2D eigenvalue weighted by Gasteiger charge is -2.23. The molecule has 2 bridgehead atoms. The fourth-order valence-electron chi connectivity index (χ4n) is 3.80. The first kappa shape index (κ1) is 19.3. The quantitative estimate of drug-likeness (QED) is 0.900. The van der Waals surface area contributed by atoms with E-state index in [2.05, 4.69) is 50.1 Å². The first-order valence-electron chi connectivity index (χ1n) is 8.35. The molecule has 1 aromatic carbocycles. The minimum Gasteiger partial charge on any atom is -0.329 e. The number of nitrogens with one attached hydrogen (secondary N) is 1. The smallest absolute Gasteiger partial charge is 0.0951 e. The van der Waals surface area contributed by atoms with Crippen LogP contribution in [-0.2, 0) is 13.1 Å². The van der Waals surface area contributed by atoms with E-state index in [1.807, 2.05) is 12.5 Å². The average Bonchev–Trinajstić information content (AvgIpc) is 2.78. The molecule has 24 heavy (non-hydrogen) atoms. The number of rotatable bonds is 4. The van der Waals surface area contributed by atoms with Gasteiger partial charge in [-0.3, -0.25) is 4.90 Å². The van der Waals surface area contributed by atoms with Gasteiger partial charge in [-0.25, -0.2) is 4.98 Å². The topological polar surface area (TPSA) is 33.1 Å². The highest BCUT2D eigenvalue weighted by Crippen LogP contribution is 2.22. The molecule has 0 unspecified atom stereocenters. The number of fused-ring (bicyclic) bond motifs is 4. The number of hydrogen-bond acceptors (Lipinski definition) is 3. The molecular formula is C18H26Cl2N4. The van der Waals surface area contributed by atoms with Crippen molar-refractivity contribution >= 4 is 24.8 Å². The number of imidazole rings is 1. The molecule has 0 spiro atoms. The van der Waals surface area contributed by atoms with Crippen molar-refractivity contribution < 1.29 is 0 Å². The van der Waals surface area contributed by atoms with Crippen LogP contribution in [0.4, 0.5) is 0 Å². The van der Waals surface area contributed by atoms with Crippen LogP contribution in [0.15, 0.2) is 42.9 Å². The van der Waals surface area contributed by atoms with Crippen LogP contribution in [0, 0.1) is 5.92 Å². The van der Waals surface area contributed by atoms with Crippen LogP contribution >= 0.6 is 24.8 Å². The molecule has 2 aromatic rings. The molecular weight excluding hydrogens is 343 g/mol. The van der Waals surface area contributed by atoms with E-state index in [0.29, 0.717) is 6.04 Å². The van der Waals surface area contributed by atoms with Crippen LogP contribution in [-0.4, -0.2) is 40.1 Å². The van der Waals surface area contributed by atoms with Gasteiger partial charge in [-0.05, 0) is 30.9 Å². The molecule has 1 N–H and O–H groups in total. The third kappa shape index (κ3) is 4.51. The second kappa shape index (κ2) is 8.86. The molecule has 6 heteroatoms. The van der Waals surface area contributed by atoms with Gasteiger partial charge in [-0.15, -0.1) is 24.8 Å². The molecule has 3 aliphatic rings. The van der Waals surface area contributed by atoms with Gasteiger partial charge in [-0.1, -0.05) is 30.3 Å². The van der Waals surface area contributed by atoms with Gasteiger partial charge in [0.1, 0.15) is 0 Å². The summed E-state index contributed by atoms with van der Waals surface area (Å²) in [5.41, 5.74) is 2.66. The van der Waals surface area contributed by atoms with Gasteiger partial charge in [0.25, 0.3) is 0 Å². The van der Waals surface area contributed by atoms with Gasteiger partial charge in [0.15, 0.2) is 0 Å². The monoisotopic (exact) mass is 368 g/mol. The summed E-state index contributed by atoms with van der Waals surface area (Å²) in [4.78, 5) is 6.99. The van der Waals surface area contributed by atoms with Crippen molar-refractivity contribution in [2.45, 2.75) is 32.0 Å². The molecule has 132 valence electrons. The van der Waals surface area contributed by atoms with Crippen molar-refractivity contribution in [1.29, 1.82) is 0 Å². The van der Waals surface area contributed by atoms with Crippen molar-refractivity contribution in [3.05, 3.63) is 54.1 Å². The summed E-state index contributed by atoms with van der Waals surface area (Å²) in [7, 11) is 0. The van der Waals surface area contributed by atoms with Crippen LogP contribution in [0.1, 0.15) is 24.1 Å². The molecule has 3 saturated heterocycles. The largest absolute Gasteiger partial charge is 0.329 e. The van der Waals surface area contributed by atoms with Crippen molar-refractivity contribution in [2.75, 3.05) is 19.6 Å². The van der Waals surface area contributed by atoms with Crippen LogP contribution in [0.25, 0.3) is 0 Å². The number of benzene rings is 1. The molecule has 0 saturated carbocycles. The fraction of sp³-hybridized carbons (Fsp3) is 0.500. The SMILES string of the molecule is Cl.Cl.c1ccc(Cn2cncc2CN2C[C@H]3CC[C@@H](C2)NC3)cc1. The fourth-order valence-corrected chi connectivity index (χ4v) is 3.80. The Labute approximate surface area is 156 Å². The van der Waals surface area contributed by atoms with Crippen LogP contribution in [0.2, 0.25) is 0 Å². The molecule has 3 aliphatic heterocycles. The van der Waals surface area contributed by atoms with Gasteiger partial charge in [0.2, 0.25) is 0 Å². The zero-order chi connectivity index (χ0) is 14.8. The summed E-state index contributed by atoms with van der Waals surface area (Å²) in [6.45, 7) is 5.52. The Morgan fingerprint density at radius 2 is 1.88 bits per heavy atom. The van der Waals surface area contributed by atoms with E-state index in [0.717, 1.165) is 19.0 Å². The maximum absolute atomic E-state index is 4.38. The summed E-state index contributed by atoms with van der Waals surface area (Å²) in [5.74, 6) is 0.823. The van der Waals surface area contributed by atoms with Crippen molar-refractivity contribution in [1.82, 2.24) is 19.8 Å². The van der Waals surface area contributed by atoms with E-state index in [1.165, 1.54) is 43.7 Å². The lowest BCUT2D eigenvalue weighted by molar-refractivity contribution is 0.250. The van der Waals surface area contributed by atoms with E-state index in [1.54, 1.807) is 0 Å². The molecule has 0 radical (unpaired) electrons. The maximum Gasteiger partial charge on any atom is 0.0951 e. The zero-order valence-electron chi connectivity index (χ0n) is 13.8. The molecule has 4 nitrogen and oxygen atoms in total. The van der Waals surface area contributed by atoms with Crippen molar-refractivity contribution in [3.8, 4) is 0 Å². The number of hydrogen-bond donors (Lipinski definition) is 1. The maximum atomic E-state index is 4.38. The van der Waals surface area contributed by atoms with Crippen molar-refractivity contribution in [3.63, 3.8) is 0 Å². The van der Waals surface area contributed by atoms with E-state index < -0.39 is 0 Å². The molecule has 5 rings (SSSR count). The third-order valence-electron chi connectivity index (χ3n) is 4.99. The minimum atomic E-state index is 0. The first-order chi connectivity index (χ1) is 10.9. The molecule has 4 heterocycles. The number of aromatic nitrogens is 2. The Hall–Kier alpha value is -1.07. The van der Waals surface area contributed by atoms with Crippen LogP contribution in [0.3, 0.4) is 0 Å². The Morgan fingerprint density at radius 3 is 2.62 bits per heavy atom. The van der Waals surface area contributed by atoms with E-state index in [-0.39, 0.29) is 24.8 Å². The van der Waals surface area contributed by atoms with Crippen LogP contribution < -0.4 is 5.32 Å². The third-order valence-corrected chi connectivity index (χ3v) is 4.99. The number of nitrogens with zero attached hydrogens (tertiary/aromatic N) is 3. The standard InChI is InChI=1S/C18H24N4.2ClH/c1-2-4-15(5-3-1)11-22-14-19-9-18(22)13-21-10-16-6-7-17(12-21)20-8-16;;/h1-5,9,14,16-17,20H,6-8,10-13H2;2*1H/t16-,17-;;/m0../s1. The molecule has 2 atom stereocenters. The van der Waals surface area contributed by atoms with E-state index >= 15 is 0 Å². The van der Waals surface area contributed by atoms with Gasteiger partial charge in [0.05, 0.1) is 12.0 Å². The van der Waals surface area contributed by atoms with E-state index in [4.69, 9.17) is 0 Å². The molecule has 3 fully saturated rings. The number of piperidine rings is 1. The van der Waals surface area contributed by atoms with Crippen molar-refractivity contribution in [2.24, 2.45) is 5.92 Å². The predicted octanol–water partition coefficient (Wildman–Crippen LogP) is 2.96. The Bertz CT molecular complexity index is 594. The van der Waals surface area contributed by atoms with E-state index in [9.17, 15) is 0 Å². The van der Waals surface area contributed by atoms with Gasteiger partial charge in [-0.2, -0.15) is 0 Å². The highest BCUT2D eigenvalue weighted by Gasteiger charge is 2.29. The minimum absolute atomic E-state index is 0. The Morgan fingerprint density at radius 1 is 1.04 bits per heavy atom. The molecule has 0 aliphatic carbocycles. The Kier molecular flexibility index (Phi) is 7.11. The average molecular weight is 369 g/mol. The summed E-state index contributed by atoms with van der Waals surface area (Å²) in [6, 6.07) is 11.3. The lowest BCUT2D eigenvalue weighted by Crippen LogP contribution is -2.39. The van der Waals surface area contributed by atoms with Gasteiger partial charge >= 0.3 is 0 Å². The molecule has 0 amide bonds. The number of halogens is 2. The second-order valence-corrected chi connectivity index (χ2v) is 6.74. The highest BCUT2D eigenvalue weighted by molar-refractivity contribution is 5.85. The summed E-state index contributed by atoms with van der Waals surface area (Å²) in [5, 5.41) is 3.68. The first-order valence-corrected chi connectivity index (χ1v) is 8.35. The normalized spacial score (nSPS) is 23.2. The lowest BCUT2D eigenvalue weighted by atomic mass is 9.97. The summed E-state index contributed by atoms with van der Waals surface area (Å²) < 4.78 is 2.29. The van der Waals surface area contributed by atoms with Gasteiger partial charge in [0, 0.05) is 38.4 Å². The summed E-state index contributed by atoms with van der Waals surface area (Å²) in [6.07, 6.45) is 6.72. The second-order valence-electron chi connectivity index (χ2n) is 6.74. The van der Waals surface area contributed by atoms with Gasteiger partial charge < -0.3 is 9.88 Å². The highest BCUT2D eigenvalue weighted by atomic mass is 35.5. The van der Waals surface area contributed by atoms with Crippen LogP contribution in [0.5, 0.6) is 0 Å². The Balaban J connectivity index is 0.00000104.